The molecule has 2 heterocycles. The summed E-state index contributed by atoms with van der Waals surface area (Å²) in [5.41, 5.74) is 0. The van der Waals surface area contributed by atoms with Crippen LogP contribution >= 0.6 is 38.9 Å². The van der Waals surface area contributed by atoms with Gasteiger partial charge in [-0.3, -0.25) is 0 Å². The molecule has 2 rings (SSSR count). The summed E-state index contributed by atoms with van der Waals surface area (Å²) in [5, 5.41) is 3.47. The van der Waals surface area contributed by atoms with Gasteiger partial charge in [-0.05, 0) is 67.4 Å². The molecule has 1 aliphatic heterocycles. The van der Waals surface area contributed by atoms with Crippen molar-refractivity contribution >= 4 is 38.9 Å². The van der Waals surface area contributed by atoms with Crippen molar-refractivity contribution in [3.8, 4) is 0 Å². The highest BCUT2D eigenvalue weighted by Crippen LogP contribution is 2.31. The SMILES string of the molecule is Clc1sc(CNCCCN2CCCC2)cc1Br. The number of nitrogens with one attached hydrogen (secondary N) is 1. The third kappa shape index (κ3) is 4.52. The van der Waals surface area contributed by atoms with E-state index in [-0.39, 0.29) is 0 Å². The van der Waals surface area contributed by atoms with Gasteiger partial charge in [0, 0.05) is 15.9 Å². The molecule has 0 radical (unpaired) electrons. The van der Waals surface area contributed by atoms with Gasteiger partial charge in [-0.1, -0.05) is 11.6 Å². The van der Waals surface area contributed by atoms with Crippen molar-refractivity contribution in [3.63, 3.8) is 0 Å². The molecule has 0 unspecified atom stereocenters. The van der Waals surface area contributed by atoms with Crippen LogP contribution in [-0.2, 0) is 6.54 Å². The van der Waals surface area contributed by atoms with Crippen molar-refractivity contribution in [2.45, 2.75) is 25.8 Å². The van der Waals surface area contributed by atoms with Crippen LogP contribution in [0.3, 0.4) is 0 Å². The Morgan fingerprint density at radius 1 is 1.41 bits per heavy atom. The minimum absolute atomic E-state index is 0.846. The first-order chi connectivity index (χ1) is 8.25. The van der Waals surface area contributed by atoms with Gasteiger partial charge >= 0.3 is 0 Å². The van der Waals surface area contributed by atoms with E-state index in [0.29, 0.717) is 0 Å². The molecule has 0 atom stereocenters. The van der Waals surface area contributed by atoms with Crippen molar-refractivity contribution < 1.29 is 0 Å². The minimum atomic E-state index is 0.846. The third-order valence-electron chi connectivity index (χ3n) is 3.02. The lowest BCUT2D eigenvalue weighted by Gasteiger charge is -2.13. The summed E-state index contributed by atoms with van der Waals surface area (Å²) >= 11 is 11.1. The molecular weight excluding hydrogens is 320 g/mol. The fourth-order valence-corrected chi connectivity index (χ4v) is 3.88. The molecule has 0 spiro atoms. The fourth-order valence-electron chi connectivity index (χ4n) is 2.12. The van der Waals surface area contributed by atoms with E-state index >= 15 is 0 Å². The quantitative estimate of drug-likeness (QED) is 0.796. The number of thiophene rings is 1. The zero-order valence-electron chi connectivity index (χ0n) is 9.85. The van der Waals surface area contributed by atoms with E-state index in [4.69, 9.17) is 11.6 Å². The summed E-state index contributed by atoms with van der Waals surface area (Å²) in [5.74, 6) is 0. The lowest BCUT2D eigenvalue weighted by molar-refractivity contribution is 0.331. The summed E-state index contributed by atoms with van der Waals surface area (Å²) in [6.45, 7) is 5.85. The van der Waals surface area contributed by atoms with Crippen molar-refractivity contribution in [1.29, 1.82) is 0 Å². The number of nitrogens with zero attached hydrogens (tertiary/aromatic N) is 1. The predicted molar refractivity (Wildman–Crippen MR) is 79.0 cm³/mol. The second-order valence-electron chi connectivity index (χ2n) is 4.41. The van der Waals surface area contributed by atoms with Crippen LogP contribution in [0.2, 0.25) is 4.34 Å². The molecule has 0 aromatic carbocycles. The summed E-state index contributed by atoms with van der Waals surface area (Å²) in [7, 11) is 0. The number of rotatable bonds is 6. The first kappa shape index (κ1) is 13.8. The molecule has 1 aliphatic rings. The zero-order valence-corrected chi connectivity index (χ0v) is 13.0. The van der Waals surface area contributed by atoms with Gasteiger partial charge in [0.05, 0.1) is 0 Å². The molecule has 1 aromatic heterocycles. The molecule has 0 amide bonds. The Hall–Kier alpha value is 0.390. The topological polar surface area (TPSA) is 15.3 Å². The molecule has 2 nitrogen and oxygen atoms in total. The van der Waals surface area contributed by atoms with Crippen molar-refractivity contribution in [2.75, 3.05) is 26.2 Å². The van der Waals surface area contributed by atoms with Crippen LogP contribution < -0.4 is 5.32 Å². The standard InChI is InChI=1S/C12H18BrClN2S/c13-11-8-10(17-12(11)14)9-15-4-3-7-16-5-1-2-6-16/h8,15H,1-7,9H2. The lowest BCUT2D eigenvalue weighted by Crippen LogP contribution is -2.24. The lowest BCUT2D eigenvalue weighted by atomic mass is 10.3. The van der Waals surface area contributed by atoms with Crippen LogP contribution in [0.4, 0.5) is 0 Å². The molecule has 0 bridgehead atoms. The molecule has 0 aliphatic carbocycles. The van der Waals surface area contributed by atoms with Crippen LogP contribution in [-0.4, -0.2) is 31.1 Å². The van der Waals surface area contributed by atoms with Gasteiger partial charge in [0.15, 0.2) is 0 Å². The van der Waals surface area contributed by atoms with Crippen LogP contribution in [0, 0.1) is 0 Å². The van der Waals surface area contributed by atoms with Gasteiger partial charge in [-0.15, -0.1) is 11.3 Å². The number of hydrogen-bond acceptors (Lipinski definition) is 3. The van der Waals surface area contributed by atoms with Crippen LogP contribution in [0.1, 0.15) is 24.1 Å². The minimum Gasteiger partial charge on any atom is -0.312 e. The Balaban J connectivity index is 1.56. The summed E-state index contributed by atoms with van der Waals surface area (Å²) < 4.78 is 1.86. The highest BCUT2D eigenvalue weighted by molar-refractivity contribution is 9.10. The number of hydrogen-bond donors (Lipinski definition) is 1. The first-order valence-electron chi connectivity index (χ1n) is 6.12. The van der Waals surface area contributed by atoms with E-state index in [9.17, 15) is 0 Å². The van der Waals surface area contributed by atoms with Gasteiger partial charge in [0.2, 0.25) is 0 Å². The summed E-state index contributed by atoms with van der Waals surface area (Å²) in [6, 6.07) is 2.10. The molecule has 1 saturated heterocycles. The highest BCUT2D eigenvalue weighted by atomic mass is 79.9. The van der Waals surface area contributed by atoms with Crippen molar-refractivity contribution in [3.05, 3.63) is 19.8 Å². The van der Waals surface area contributed by atoms with Gasteiger partial charge in [-0.25, -0.2) is 0 Å². The van der Waals surface area contributed by atoms with E-state index < -0.39 is 0 Å². The fraction of sp³-hybridized carbons (Fsp3) is 0.667. The first-order valence-corrected chi connectivity index (χ1v) is 8.11. The van der Waals surface area contributed by atoms with Gasteiger partial charge < -0.3 is 10.2 Å². The Labute approximate surface area is 120 Å². The molecule has 5 heteroatoms. The molecule has 1 fully saturated rings. The van der Waals surface area contributed by atoms with E-state index in [1.165, 1.54) is 43.8 Å². The Morgan fingerprint density at radius 3 is 2.82 bits per heavy atom. The zero-order chi connectivity index (χ0) is 12.1. The summed E-state index contributed by atoms with van der Waals surface area (Å²) in [4.78, 5) is 3.85. The van der Waals surface area contributed by atoms with E-state index in [0.717, 1.165) is 21.9 Å². The van der Waals surface area contributed by atoms with Crippen molar-refractivity contribution in [1.82, 2.24) is 10.2 Å². The maximum Gasteiger partial charge on any atom is 0.107 e. The largest absolute Gasteiger partial charge is 0.312 e. The number of halogens is 2. The highest BCUT2D eigenvalue weighted by Gasteiger charge is 2.10. The average molecular weight is 338 g/mol. The monoisotopic (exact) mass is 336 g/mol. The smallest absolute Gasteiger partial charge is 0.107 e. The predicted octanol–water partition coefficient (Wildman–Crippen LogP) is 3.74. The number of likely N-dealkylation sites (tertiary alicyclic amines) is 1. The van der Waals surface area contributed by atoms with Crippen LogP contribution in [0.25, 0.3) is 0 Å². The summed E-state index contributed by atoms with van der Waals surface area (Å²) in [6.07, 6.45) is 4.00. The van der Waals surface area contributed by atoms with E-state index in [1.54, 1.807) is 11.3 Å². The molecule has 1 aromatic rings. The maximum absolute atomic E-state index is 5.99. The Kier molecular flexibility index (Phi) is 5.77. The maximum atomic E-state index is 5.99. The average Bonchev–Trinajstić information content (AvgIpc) is 2.90. The van der Waals surface area contributed by atoms with Gasteiger partial charge in [0.1, 0.15) is 4.34 Å². The molecular formula is C12H18BrClN2S. The van der Waals surface area contributed by atoms with Crippen LogP contribution in [0.5, 0.6) is 0 Å². The Morgan fingerprint density at radius 2 is 2.18 bits per heavy atom. The second-order valence-corrected chi connectivity index (χ2v) is 7.01. The Bertz CT molecular complexity index is 331. The van der Waals surface area contributed by atoms with Gasteiger partial charge in [0.25, 0.3) is 0 Å². The van der Waals surface area contributed by atoms with E-state index in [2.05, 4.69) is 32.2 Å². The van der Waals surface area contributed by atoms with E-state index in [1.807, 2.05) is 0 Å². The van der Waals surface area contributed by atoms with Crippen molar-refractivity contribution in [2.24, 2.45) is 0 Å². The molecule has 96 valence electrons. The third-order valence-corrected chi connectivity index (χ3v) is 5.50. The van der Waals surface area contributed by atoms with Gasteiger partial charge in [-0.2, -0.15) is 0 Å². The molecule has 1 N–H and O–H groups in total. The second kappa shape index (κ2) is 7.10. The van der Waals surface area contributed by atoms with Crippen LogP contribution in [0.15, 0.2) is 10.5 Å². The molecule has 0 saturated carbocycles. The molecule has 17 heavy (non-hydrogen) atoms. The normalized spacial score (nSPS) is 16.8.